The normalized spacial score (nSPS) is 21.3. The maximum atomic E-state index is 13.5. The van der Waals surface area contributed by atoms with Gasteiger partial charge in [-0.15, -0.1) is 0 Å². The van der Waals surface area contributed by atoms with Crippen molar-refractivity contribution < 1.29 is 19.1 Å². The number of benzene rings is 2. The van der Waals surface area contributed by atoms with Crippen molar-refractivity contribution in [1.29, 1.82) is 0 Å². The highest BCUT2D eigenvalue weighted by molar-refractivity contribution is 6.01. The van der Waals surface area contributed by atoms with Crippen LogP contribution in [0.2, 0.25) is 0 Å². The zero-order valence-corrected chi connectivity index (χ0v) is 15.2. The minimum atomic E-state index is -0.533. The van der Waals surface area contributed by atoms with E-state index in [0.29, 0.717) is 25.3 Å². The summed E-state index contributed by atoms with van der Waals surface area (Å²) < 4.78 is 11.2. The van der Waals surface area contributed by atoms with Crippen LogP contribution in [0.25, 0.3) is 0 Å². The van der Waals surface area contributed by atoms with Crippen molar-refractivity contribution in [2.75, 3.05) is 25.2 Å². The predicted molar refractivity (Wildman–Crippen MR) is 100 cm³/mol. The number of hydrogen-bond acceptors (Lipinski definition) is 4. The molecular weight excluding hydrogens is 344 g/mol. The van der Waals surface area contributed by atoms with Crippen molar-refractivity contribution in [3.8, 4) is 5.75 Å². The molecule has 6 nitrogen and oxygen atoms in total. The largest absolute Gasteiger partial charge is 0.486 e. The fraction of sp³-hybridized carbons (Fsp3) is 0.333. The number of methoxy groups -OCH3 is 1. The van der Waals surface area contributed by atoms with Crippen LogP contribution in [0.4, 0.5) is 5.69 Å². The van der Waals surface area contributed by atoms with Crippen LogP contribution in [0, 0.1) is 0 Å². The minimum Gasteiger partial charge on any atom is -0.486 e. The molecule has 4 rings (SSSR count). The van der Waals surface area contributed by atoms with Crippen LogP contribution in [0.15, 0.2) is 54.6 Å². The molecule has 2 aromatic rings. The summed E-state index contributed by atoms with van der Waals surface area (Å²) >= 11 is 0. The Labute approximate surface area is 158 Å². The Hall–Kier alpha value is -2.86. The van der Waals surface area contributed by atoms with Crippen LogP contribution >= 0.6 is 0 Å². The zero-order valence-electron chi connectivity index (χ0n) is 15.2. The SMILES string of the molecule is COCC(=O)N1C[C@@H]2C[C@H]1C(=O)N(Cc1ccccc1)c1ccccc1O2. The number of carbonyl (C=O) groups excluding carboxylic acids is 2. The monoisotopic (exact) mass is 366 g/mol. The highest BCUT2D eigenvalue weighted by Gasteiger charge is 2.44. The maximum Gasteiger partial charge on any atom is 0.250 e. The third kappa shape index (κ3) is 3.40. The number of fused-ring (bicyclic) bond motifs is 3. The lowest BCUT2D eigenvalue weighted by Gasteiger charge is -2.31. The lowest BCUT2D eigenvalue weighted by molar-refractivity contribution is -0.140. The Morgan fingerprint density at radius 2 is 1.89 bits per heavy atom. The van der Waals surface area contributed by atoms with Crippen LogP contribution in [0.5, 0.6) is 5.75 Å². The van der Waals surface area contributed by atoms with Gasteiger partial charge in [0.25, 0.3) is 0 Å². The summed E-state index contributed by atoms with van der Waals surface area (Å²) in [5.74, 6) is 0.403. The van der Waals surface area contributed by atoms with Crippen LogP contribution in [0.3, 0.4) is 0 Å². The number of rotatable bonds is 4. The number of nitrogens with zero attached hydrogens (tertiary/aromatic N) is 2. The molecule has 2 amide bonds. The van der Waals surface area contributed by atoms with Gasteiger partial charge >= 0.3 is 0 Å². The highest BCUT2D eigenvalue weighted by Crippen LogP contribution is 2.37. The first-order valence-electron chi connectivity index (χ1n) is 9.07. The first-order valence-corrected chi connectivity index (χ1v) is 9.07. The first-order chi connectivity index (χ1) is 13.2. The molecule has 27 heavy (non-hydrogen) atoms. The molecule has 1 saturated heterocycles. The van der Waals surface area contributed by atoms with Gasteiger partial charge in [0.05, 0.1) is 18.8 Å². The smallest absolute Gasteiger partial charge is 0.250 e. The second-order valence-electron chi connectivity index (χ2n) is 6.85. The summed E-state index contributed by atoms with van der Waals surface area (Å²) in [5.41, 5.74) is 1.76. The van der Waals surface area contributed by atoms with E-state index in [1.54, 1.807) is 9.80 Å². The van der Waals surface area contributed by atoms with E-state index < -0.39 is 6.04 Å². The molecule has 6 heteroatoms. The Bertz CT molecular complexity index is 839. The Morgan fingerprint density at radius 3 is 2.67 bits per heavy atom. The highest BCUT2D eigenvalue weighted by atomic mass is 16.5. The molecule has 0 aromatic heterocycles. The third-order valence-corrected chi connectivity index (χ3v) is 5.04. The predicted octanol–water partition coefficient (Wildman–Crippen LogP) is 2.23. The molecule has 2 heterocycles. The van der Waals surface area contributed by atoms with E-state index in [9.17, 15) is 9.59 Å². The Balaban J connectivity index is 1.72. The van der Waals surface area contributed by atoms with E-state index in [1.807, 2.05) is 54.6 Å². The second-order valence-corrected chi connectivity index (χ2v) is 6.85. The number of carbonyl (C=O) groups is 2. The molecule has 2 aliphatic rings. The molecule has 0 spiro atoms. The first kappa shape index (κ1) is 17.5. The van der Waals surface area contributed by atoms with Crippen LogP contribution in [-0.2, 0) is 20.9 Å². The maximum absolute atomic E-state index is 13.5. The van der Waals surface area contributed by atoms with Gasteiger partial charge in [0.1, 0.15) is 24.5 Å². The summed E-state index contributed by atoms with van der Waals surface area (Å²) in [5, 5.41) is 0. The number of likely N-dealkylation sites (tertiary alicyclic amines) is 1. The fourth-order valence-corrected chi connectivity index (χ4v) is 3.79. The summed E-state index contributed by atoms with van der Waals surface area (Å²) in [6.45, 7) is 0.780. The van der Waals surface area contributed by atoms with E-state index in [2.05, 4.69) is 0 Å². The van der Waals surface area contributed by atoms with Crippen LogP contribution < -0.4 is 9.64 Å². The zero-order chi connectivity index (χ0) is 18.8. The Kier molecular flexibility index (Phi) is 4.81. The second kappa shape index (κ2) is 7.40. The topological polar surface area (TPSA) is 59.1 Å². The third-order valence-electron chi connectivity index (χ3n) is 5.04. The number of hydrogen-bond donors (Lipinski definition) is 0. The van der Waals surface area contributed by atoms with Crippen molar-refractivity contribution in [3.63, 3.8) is 0 Å². The van der Waals surface area contributed by atoms with Crippen molar-refractivity contribution in [1.82, 2.24) is 4.90 Å². The molecule has 0 aliphatic carbocycles. The summed E-state index contributed by atoms with van der Waals surface area (Å²) in [7, 11) is 1.48. The number of para-hydroxylation sites is 2. The molecule has 2 atom stereocenters. The van der Waals surface area contributed by atoms with E-state index in [-0.39, 0.29) is 24.5 Å². The lowest BCUT2D eigenvalue weighted by Crippen LogP contribution is -2.48. The molecule has 0 N–H and O–H groups in total. The van der Waals surface area contributed by atoms with Gasteiger partial charge < -0.3 is 19.3 Å². The van der Waals surface area contributed by atoms with E-state index >= 15 is 0 Å². The standard InChI is InChI=1S/C21H22N2O4/c1-26-14-20(24)22-13-16-11-18(22)21(25)23(12-15-7-3-2-4-8-15)17-9-5-6-10-19(17)27-16/h2-10,16,18H,11-14H2,1H3/t16-,18-/m0/s1. The van der Waals surface area contributed by atoms with Gasteiger partial charge in [-0.3, -0.25) is 9.59 Å². The van der Waals surface area contributed by atoms with Crippen molar-refractivity contribution in [3.05, 3.63) is 60.2 Å². The van der Waals surface area contributed by atoms with Gasteiger partial charge in [-0.05, 0) is 17.7 Å². The van der Waals surface area contributed by atoms with Crippen molar-refractivity contribution in [2.24, 2.45) is 0 Å². The average Bonchev–Trinajstić information content (AvgIpc) is 3.12. The van der Waals surface area contributed by atoms with E-state index in [0.717, 1.165) is 11.3 Å². The van der Waals surface area contributed by atoms with E-state index in [4.69, 9.17) is 9.47 Å². The van der Waals surface area contributed by atoms with Crippen molar-refractivity contribution >= 4 is 17.5 Å². The van der Waals surface area contributed by atoms with Gasteiger partial charge in [-0.25, -0.2) is 0 Å². The minimum absolute atomic E-state index is 0.0395. The summed E-state index contributed by atoms with van der Waals surface area (Å²) in [4.78, 5) is 29.3. The number of ether oxygens (including phenoxy) is 2. The molecule has 2 bridgehead atoms. The van der Waals surface area contributed by atoms with Gasteiger partial charge in [0.2, 0.25) is 11.8 Å². The quantitative estimate of drug-likeness (QED) is 0.833. The molecule has 0 saturated carbocycles. The van der Waals surface area contributed by atoms with Gasteiger partial charge in [0.15, 0.2) is 0 Å². The molecule has 0 radical (unpaired) electrons. The summed E-state index contributed by atoms with van der Waals surface area (Å²) in [6, 6.07) is 16.8. The van der Waals surface area contributed by atoms with Crippen molar-refractivity contribution in [2.45, 2.75) is 25.1 Å². The number of anilines is 1. The average molecular weight is 366 g/mol. The van der Waals surface area contributed by atoms with Crippen LogP contribution in [-0.4, -0.2) is 49.1 Å². The molecule has 0 unspecified atom stereocenters. The lowest BCUT2D eigenvalue weighted by atomic mass is 10.1. The molecule has 1 fully saturated rings. The number of amides is 2. The molecule has 140 valence electrons. The van der Waals surface area contributed by atoms with E-state index in [1.165, 1.54) is 7.11 Å². The van der Waals surface area contributed by atoms with Crippen LogP contribution in [0.1, 0.15) is 12.0 Å². The van der Waals surface area contributed by atoms with Gasteiger partial charge in [-0.2, -0.15) is 0 Å². The molecule has 2 aliphatic heterocycles. The fourth-order valence-electron chi connectivity index (χ4n) is 3.79. The van der Waals surface area contributed by atoms with Gasteiger partial charge in [0, 0.05) is 13.5 Å². The Morgan fingerprint density at radius 1 is 1.15 bits per heavy atom. The molecule has 2 aromatic carbocycles. The van der Waals surface area contributed by atoms with Gasteiger partial charge in [-0.1, -0.05) is 42.5 Å². The molecular formula is C21H22N2O4. The summed E-state index contributed by atoms with van der Waals surface area (Å²) in [6.07, 6.45) is 0.299.